The van der Waals surface area contributed by atoms with Crippen LogP contribution in [0.5, 0.6) is 0 Å². The molecule has 0 bridgehead atoms. The van der Waals surface area contributed by atoms with E-state index in [0.717, 1.165) is 0 Å². The van der Waals surface area contributed by atoms with Crippen LogP contribution < -0.4 is 5.14 Å². The van der Waals surface area contributed by atoms with Crippen LogP contribution in [-0.4, -0.2) is 43.7 Å². The van der Waals surface area contributed by atoms with Crippen molar-refractivity contribution < 1.29 is 17.2 Å². The monoisotopic (exact) mass is 154 g/mol. The fourth-order valence-electron chi connectivity index (χ4n) is 0. The molecule has 8 heavy (non-hydrogen) atoms. The number of alkyl halides is 2. The number of primary sulfonamides is 1. The van der Waals surface area contributed by atoms with Crippen molar-refractivity contribution in [3.8, 4) is 0 Å². The summed E-state index contributed by atoms with van der Waals surface area (Å²) in [6, 6.07) is 0. The van der Waals surface area contributed by atoms with E-state index < -0.39 is 15.8 Å². The molecular formula is CH3F2NNaO2S. The van der Waals surface area contributed by atoms with Crippen LogP contribution >= 0.6 is 0 Å². The molecule has 0 amide bonds. The SMILES string of the molecule is NS(=O)(=O)C(F)F.[Na]. The molecule has 0 aromatic heterocycles. The maximum atomic E-state index is 10.8. The van der Waals surface area contributed by atoms with Crippen molar-refractivity contribution in [2.75, 3.05) is 0 Å². The molecule has 7 heteroatoms. The number of hydrogen-bond donors (Lipinski definition) is 1. The third kappa shape index (κ3) is 4.92. The number of nitrogens with two attached hydrogens (primary N) is 1. The second-order valence-corrected chi connectivity index (χ2v) is 2.38. The molecule has 0 aromatic carbocycles. The Hall–Kier alpha value is 0.770. The molecule has 0 fully saturated rings. The Morgan fingerprint density at radius 3 is 1.50 bits per heavy atom. The van der Waals surface area contributed by atoms with Crippen molar-refractivity contribution in [3.63, 3.8) is 0 Å². The molecular weight excluding hydrogens is 151 g/mol. The molecule has 0 aromatic rings. The number of halogens is 2. The van der Waals surface area contributed by atoms with Crippen LogP contribution in [0.2, 0.25) is 0 Å². The van der Waals surface area contributed by atoms with Gasteiger partial charge in [-0.3, -0.25) is 0 Å². The Balaban J connectivity index is 0. The van der Waals surface area contributed by atoms with Crippen molar-refractivity contribution in [1.29, 1.82) is 0 Å². The molecule has 0 spiro atoms. The summed E-state index contributed by atoms with van der Waals surface area (Å²) in [7, 11) is -4.57. The average molecular weight is 154 g/mol. The van der Waals surface area contributed by atoms with E-state index in [1.165, 1.54) is 0 Å². The maximum absolute atomic E-state index is 10.8. The minimum Gasteiger partial charge on any atom is -0.224 e. The summed E-state index contributed by atoms with van der Waals surface area (Å²) in [5.41, 5.74) is 0. The standard InChI is InChI=1S/CH3F2NO2S.Na/c2-1(3)7(4,5)6;/h1H,(H2,4,5,6);. The van der Waals surface area contributed by atoms with Crippen LogP contribution in [0.3, 0.4) is 0 Å². The van der Waals surface area contributed by atoms with Crippen molar-refractivity contribution in [1.82, 2.24) is 0 Å². The molecule has 1 radical (unpaired) electrons. The van der Waals surface area contributed by atoms with Gasteiger partial charge in [-0.2, -0.15) is 8.78 Å². The van der Waals surface area contributed by atoms with Crippen molar-refractivity contribution in [2.45, 2.75) is 5.76 Å². The third-order valence-electron chi connectivity index (χ3n) is 0.248. The van der Waals surface area contributed by atoms with Gasteiger partial charge in [0, 0.05) is 29.6 Å². The van der Waals surface area contributed by atoms with E-state index in [4.69, 9.17) is 0 Å². The first-order chi connectivity index (χ1) is 2.94. The third-order valence-corrected chi connectivity index (χ3v) is 0.745. The van der Waals surface area contributed by atoms with Gasteiger partial charge < -0.3 is 0 Å². The minimum absolute atomic E-state index is 0. The zero-order chi connectivity index (χ0) is 6.08. The normalized spacial score (nSPS) is 11.0. The molecule has 0 atom stereocenters. The predicted molar refractivity (Wildman–Crippen MR) is 24.9 cm³/mol. The summed E-state index contributed by atoms with van der Waals surface area (Å²) in [6.07, 6.45) is 0. The van der Waals surface area contributed by atoms with E-state index in [9.17, 15) is 17.2 Å². The van der Waals surface area contributed by atoms with Crippen molar-refractivity contribution >= 4 is 39.6 Å². The van der Waals surface area contributed by atoms with Gasteiger partial charge in [0.2, 0.25) is 0 Å². The summed E-state index contributed by atoms with van der Waals surface area (Å²) < 4.78 is 40.4. The van der Waals surface area contributed by atoms with Crippen LogP contribution in [-0.2, 0) is 10.0 Å². The minimum atomic E-state index is -4.57. The van der Waals surface area contributed by atoms with Gasteiger partial charge >= 0.3 is 5.76 Å². The van der Waals surface area contributed by atoms with Crippen LogP contribution in [0.25, 0.3) is 0 Å². The molecule has 0 saturated heterocycles. The summed E-state index contributed by atoms with van der Waals surface area (Å²) >= 11 is 0. The molecule has 0 rings (SSSR count). The molecule has 0 aliphatic heterocycles. The van der Waals surface area contributed by atoms with Gasteiger partial charge in [-0.05, 0) is 0 Å². The van der Waals surface area contributed by atoms with Crippen LogP contribution in [0.1, 0.15) is 0 Å². The molecule has 2 N–H and O–H groups in total. The van der Waals surface area contributed by atoms with E-state index in [1.807, 2.05) is 0 Å². The van der Waals surface area contributed by atoms with Gasteiger partial charge in [0.05, 0.1) is 0 Å². The quantitative estimate of drug-likeness (QED) is 0.498. The number of rotatable bonds is 1. The van der Waals surface area contributed by atoms with Crippen LogP contribution in [0.15, 0.2) is 0 Å². The van der Waals surface area contributed by atoms with Gasteiger partial charge in [-0.15, -0.1) is 0 Å². The van der Waals surface area contributed by atoms with E-state index in [2.05, 4.69) is 5.14 Å². The first-order valence-corrected chi connectivity index (χ1v) is 2.85. The van der Waals surface area contributed by atoms with Gasteiger partial charge in [-0.25, -0.2) is 13.6 Å². The molecule has 0 unspecified atom stereocenters. The molecule has 45 valence electrons. The average Bonchev–Trinajstić information content (AvgIpc) is 1.31. The van der Waals surface area contributed by atoms with E-state index in [-0.39, 0.29) is 29.6 Å². The zero-order valence-corrected chi connectivity index (χ0v) is 6.95. The first-order valence-electron chi connectivity index (χ1n) is 1.24. The van der Waals surface area contributed by atoms with Crippen LogP contribution in [0, 0.1) is 0 Å². The van der Waals surface area contributed by atoms with Gasteiger partial charge in [-0.1, -0.05) is 0 Å². The molecule has 0 aliphatic rings. The first kappa shape index (κ1) is 11.6. The van der Waals surface area contributed by atoms with Crippen molar-refractivity contribution in [3.05, 3.63) is 0 Å². The van der Waals surface area contributed by atoms with Gasteiger partial charge in [0.25, 0.3) is 10.0 Å². The summed E-state index contributed by atoms with van der Waals surface area (Å²) in [5, 5.41) is 3.90. The van der Waals surface area contributed by atoms with Crippen molar-refractivity contribution in [2.24, 2.45) is 5.14 Å². The summed E-state index contributed by atoms with van der Waals surface area (Å²) in [4.78, 5) is 0. The Bertz CT molecular complexity index is 142. The molecule has 0 heterocycles. The Morgan fingerprint density at radius 1 is 1.38 bits per heavy atom. The van der Waals surface area contributed by atoms with E-state index in [0.29, 0.717) is 0 Å². The molecule has 0 saturated carbocycles. The molecule has 0 aliphatic carbocycles. The maximum Gasteiger partial charge on any atom is 0.350 e. The predicted octanol–water partition coefficient (Wildman–Crippen LogP) is -0.883. The van der Waals surface area contributed by atoms with E-state index >= 15 is 0 Å². The fourth-order valence-corrected chi connectivity index (χ4v) is 0. The Labute approximate surface area is 67.6 Å². The van der Waals surface area contributed by atoms with Crippen LogP contribution in [0.4, 0.5) is 8.78 Å². The summed E-state index contributed by atoms with van der Waals surface area (Å²) in [5.74, 6) is -3.45. The van der Waals surface area contributed by atoms with Gasteiger partial charge in [0.1, 0.15) is 0 Å². The van der Waals surface area contributed by atoms with E-state index in [1.54, 1.807) is 0 Å². The fraction of sp³-hybridized carbons (Fsp3) is 1.00. The zero-order valence-electron chi connectivity index (χ0n) is 4.14. The molecule has 3 nitrogen and oxygen atoms in total. The Kier molecular flexibility index (Phi) is 5.39. The summed E-state index contributed by atoms with van der Waals surface area (Å²) in [6.45, 7) is 0. The Morgan fingerprint density at radius 2 is 1.50 bits per heavy atom. The second-order valence-electron chi connectivity index (χ2n) is 0.850. The smallest absolute Gasteiger partial charge is 0.224 e. The second kappa shape index (κ2) is 3.73. The van der Waals surface area contributed by atoms with Gasteiger partial charge in [0.15, 0.2) is 0 Å². The number of hydrogen-bond acceptors (Lipinski definition) is 2. The topological polar surface area (TPSA) is 60.2 Å². The number of sulfonamides is 1. The largest absolute Gasteiger partial charge is 0.350 e.